The van der Waals surface area contributed by atoms with E-state index in [-0.39, 0.29) is 36.1 Å². The molecule has 0 spiro atoms. The number of rotatable bonds is 4. The molecule has 0 radical (unpaired) electrons. The fourth-order valence-electron chi connectivity index (χ4n) is 8.83. The van der Waals surface area contributed by atoms with E-state index in [1.54, 1.807) is 0 Å². The number of aliphatic hydroxyl groups excluding tert-OH is 1. The topological polar surface area (TPSA) is 72.8 Å². The van der Waals surface area contributed by atoms with Crippen LogP contribution >= 0.6 is 0 Å². The summed E-state index contributed by atoms with van der Waals surface area (Å²) in [6.45, 7) is 8.58. The van der Waals surface area contributed by atoms with Crippen LogP contribution in [0.3, 0.4) is 0 Å². The van der Waals surface area contributed by atoms with Crippen LogP contribution in [0.4, 0.5) is 0 Å². The third kappa shape index (κ3) is 3.26. The zero-order valence-electron chi connectivity index (χ0n) is 21.3. The Morgan fingerprint density at radius 3 is 2.65 bits per heavy atom. The molecule has 4 aliphatic carbocycles. The number of Topliss-reactive ketones (excluding diaryl/α,β-unsaturated/α-hetero) is 1. The van der Waals surface area contributed by atoms with E-state index in [4.69, 9.17) is 9.47 Å². The van der Waals surface area contributed by atoms with Gasteiger partial charge in [0.25, 0.3) is 0 Å². The molecule has 1 aliphatic heterocycles. The number of ketones is 1. The summed E-state index contributed by atoms with van der Waals surface area (Å²) in [5, 5.41) is 9.54. The minimum absolute atomic E-state index is 0.0344. The van der Waals surface area contributed by atoms with Crippen molar-refractivity contribution >= 4 is 11.8 Å². The fraction of sp³-hybridized carbons (Fsp3) is 0.724. The number of esters is 1. The number of ether oxygens (including phenoxy) is 2. The third-order valence-electron chi connectivity index (χ3n) is 10.8. The zero-order chi connectivity index (χ0) is 24.4. The largest absolute Gasteiger partial charge is 0.458 e. The van der Waals surface area contributed by atoms with Gasteiger partial charge in [-0.3, -0.25) is 4.79 Å². The van der Waals surface area contributed by atoms with E-state index in [0.29, 0.717) is 47.9 Å². The van der Waals surface area contributed by atoms with Gasteiger partial charge in [0.1, 0.15) is 11.9 Å². The molecule has 1 N–H and O–H groups in total. The van der Waals surface area contributed by atoms with Crippen LogP contribution < -0.4 is 0 Å². The molecule has 0 unspecified atom stereocenters. The maximum Gasteiger partial charge on any atom is 0.336 e. The van der Waals surface area contributed by atoms with Gasteiger partial charge in [0.2, 0.25) is 0 Å². The van der Waals surface area contributed by atoms with Crippen molar-refractivity contribution in [2.45, 2.75) is 78.4 Å². The summed E-state index contributed by atoms with van der Waals surface area (Å²) in [6.07, 6.45) is 11.9. The predicted octanol–water partition coefficient (Wildman–Crippen LogP) is 4.80. The van der Waals surface area contributed by atoms with Crippen molar-refractivity contribution in [3.63, 3.8) is 0 Å². The van der Waals surface area contributed by atoms with Gasteiger partial charge in [-0.15, -0.1) is 0 Å². The number of carbonyl (C=O) groups excluding carboxylic acids is 2. The van der Waals surface area contributed by atoms with Gasteiger partial charge in [-0.05, 0) is 80.1 Å². The van der Waals surface area contributed by atoms with Crippen molar-refractivity contribution in [3.05, 3.63) is 34.9 Å². The molecule has 5 heteroatoms. The Morgan fingerprint density at radius 2 is 1.97 bits per heavy atom. The Morgan fingerprint density at radius 1 is 1.21 bits per heavy atom. The van der Waals surface area contributed by atoms with Crippen LogP contribution in [0.1, 0.15) is 66.2 Å². The van der Waals surface area contributed by atoms with E-state index >= 15 is 0 Å². The summed E-state index contributed by atoms with van der Waals surface area (Å²) < 4.78 is 12.0. The fourth-order valence-corrected chi connectivity index (χ4v) is 8.83. The van der Waals surface area contributed by atoms with Crippen LogP contribution in [0.15, 0.2) is 34.9 Å². The number of hydrogen-bond acceptors (Lipinski definition) is 5. The molecule has 0 bridgehead atoms. The summed E-state index contributed by atoms with van der Waals surface area (Å²) in [5.74, 6) is 1.84. The van der Waals surface area contributed by atoms with E-state index in [0.717, 1.165) is 36.8 Å². The van der Waals surface area contributed by atoms with Gasteiger partial charge in [0.05, 0.1) is 23.7 Å². The second kappa shape index (κ2) is 8.44. The van der Waals surface area contributed by atoms with Crippen molar-refractivity contribution < 1.29 is 24.2 Å². The smallest absolute Gasteiger partial charge is 0.336 e. The summed E-state index contributed by atoms with van der Waals surface area (Å²) in [6, 6.07) is 0. The summed E-state index contributed by atoms with van der Waals surface area (Å²) in [7, 11) is 1.81. The van der Waals surface area contributed by atoms with E-state index < -0.39 is 5.41 Å². The molecular formula is C29H40O5. The molecule has 0 amide bonds. The third-order valence-corrected chi connectivity index (χ3v) is 10.8. The van der Waals surface area contributed by atoms with E-state index in [9.17, 15) is 14.7 Å². The Hall–Kier alpha value is -1.72. The Labute approximate surface area is 203 Å². The first-order chi connectivity index (χ1) is 16.2. The molecule has 5 rings (SSSR count). The molecule has 34 heavy (non-hydrogen) atoms. The predicted molar refractivity (Wildman–Crippen MR) is 130 cm³/mol. The lowest BCUT2D eigenvalue weighted by atomic mass is 9.46. The Kier molecular flexibility index (Phi) is 5.96. The average molecular weight is 469 g/mol. The maximum atomic E-state index is 13.3. The first kappa shape index (κ1) is 24.0. The van der Waals surface area contributed by atoms with Crippen LogP contribution in [0.2, 0.25) is 0 Å². The average Bonchev–Trinajstić information content (AvgIpc) is 3.16. The molecule has 0 saturated heterocycles. The van der Waals surface area contributed by atoms with Gasteiger partial charge in [-0.25, -0.2) is 4.79 Å². The quantitative estimate of drug-likeness (QED) is 0.600. The highest BCUT2D eigenvalue weighted by molar-refractivity contribution is 5.92. The number of hydrogen-bond donors (Lipinski definition) is 1. The lowest BCUT2D eigenvalue weighted by Gasteiger charge is -2.58. The van der Waals surface area contributed by atoms with E-state index in [1.165, 1.54) is 0 Å². The monoisotopic (exact) mass is 468 g/mol. The number of aliphatic hydroxyl groups is 1. The van der Waals surface area contributed by atoms with Gasteiger partial charge < -0.3 is 14.6 Å². The number of cyclic esters (lactones) is 1. The van der Waals surface area contributed by atoms with Crippen LogP contribution in [0, 0.1) is 40.4 Å². The van der Waals surface area contributed by atoms with E-state index in [1.807, 2.05) is 20.1 Å². The van der Waals surface area contributed by atoms with Crippen LogP contribution in [0.5, 0.6) is 0 Å². The zero-order valence-corrected chi connectivity index (χ0v) is 21.3. The molecule has 9 atom stereocenters. The van der Waals surface area contributed by atoms with Crippen LogP contribution in [-0.2, 0) is 19.1 Å². The maximum absolute atomic E-state index is 13.3. The van der Waals surface area contributed by atoms with Gasteiger partial charge >= 0.3 is 5.97 Å². The first-order valence-electron chi connectivity index (χ1n) is 13.1. The minimum atomic E-state index is -0.402. The lowest BCUT2D eigenvalue weighted by molar-refractivity contribution is -0.153. The molecule has 2 fully saturated rings. The second-order valence-electron chi connectivity index (χ2n) is 12.0. The van der Waals surface area contributed by atoms with Crippen molar-refractivity contribution in [2.75, 3.05) is 13.7 Å². The summed E-state index contributed by atoms with van der Waals surface area (Å²) >= 11 is 0. The lowest BCUT2D eigenvalue weighted by Crippen LogP contribution is -2.56. The Bertz CT molecular complexity index is 975. The molecular weight excluding hydrogens is 428 g/mol. The Balaban J connectivity index is 1.45. The molecule has 1 heterocycles. The van der Waals surface area contributed by atoms with Gasteiger partial charge in [0.15, 0.2) is 0 Å². The first-order valence-corrected chi connectivity index (χ1v) is 13.1. The molecule has 5 aliphatic rings. The molecule has 0 aromatic rings. The second-order valence-corrected chi connectivity index (χ2v) is 12.0. The van der Waals surface area contributed by atoms with Crippen LogP contribution in [0.25, 0.3) is 0 Å². The number of methoxy groups -OCH3 is 1. The highest BCUT2D eigenvalue weighted by atomic mass is 16.5. The molecule has 0 aromatic heterocycles. The highest BCUT2D eigenvalue weighted by Crippen LogP contribution is 2.67. The van der Waals surface area contributed by atoms with Gasteiger partial charge in [-0.1, -0.05) is 37.6 Å². The summed E-state index contributed by atoms with van der Waals surface area (Å²) in [4.78, 5) is 25.8. The van der Waals surface area contributed by atoms with E-state index in [2.05, 4.69) is 32.9 Å². The van der Waals surface area contributed by atoms with Crippen molar-refractivity contribution in [3.8, 4) is 0 Å². The number of fused-ring (bicyclic) bond motifs is 5. The molecule has 0 aromatic carbocycles. The SMILES string of the molecule is CO[C@@H]1C=C2C=CCC(=O)[C@]2(C)[C@H]2CC[C@]3(C)[C@@H]([C@H](C)[C@H]4CC(C)=C(CO)C(=O)O4)CC[C@H]3[C@H]12. The molecule has 186 valence electrons. The minimum Gasteiger partial charge on any atom is -0.458 e. The van der Waals surface area contributed by atoms with Gasteiger partial charge in [0, 0.05) is 20.0 Å². The van der Waals surface area contributed by atoms with Crippen LogP contribution in [-0.4, -0.2) is 42.8 Å². The van der Waals surface area contributed by atoms with Gasteiger partial charge in [-0.2, -0.15) is 0 Å². The normalized spacial score (nSPS) is 44.7. The number of allylic oxidation sites excluding steroid dienone is 3. The standard InChI is InChI=1S/C29H40O5/c1-16-13-23(34-27(32)19(16)15-30)17(2)20-9-10-21-26-22(11-12-28(20,21)3)29(4)18(14-24(26)33-5)7-6-8-25(29)31/h6-7,14,17,20-24,26,30H,8-13,15H2,1-5H3/t17-,20+,21-,22-,23+,24+,26-,28+,29-/m0/s1. The van der Waals surface area contributed by atoms with Crippen molar-refractivity contribution in [1.82, 2.24) is 0 Å². The molecule has 2 saturated carbocycles. The van der Waals surface area contributed by atoms with Crippen molar-refractivity contribution in [2.24, 2.45) is 40.4 Å². The van der Waals surface area contributed by atoms with Crippen molar-refractivity contribution in [1.29, 1.82) is 0 Å². The summed E-state index contributed by atoms with van der Waals surface area (Å²) in [5.41, 5.74) is 2.26. The number of carbonyl (C=O) groups is 2. The molecule has 5 nitrogen and oxygen atoms in total. The highest BCUT2D eigenvalue weighted by Gasteiger charge is 2.63.